The van der Waals surface area contributed by atoms with Crippen LogP contribution in [0.4, 0.5) is 5.69 Å². The number of ketones is 1. The van der Waals surface area contributed by atoms with E-state index in [0.29, 0.717) is 33.4 Å². The van der Waals surface area contributed by atoms with Crippen molar-refractivity contribution in [3.8, 4) is 11.3 Å². The van der Waals surface area contributed by atoms with Gasteiger partial charge in [0.2, 0.25) is 11.8 Å². The molecule has 0 radical (unpaired) electrons. The van der Waals surface area contributed by atoms with Crippen LogP contribution in [-0.4, -0.2) is 35.2 Å². The van der Waals surface area contributed by atoms with Crippen molar-refractivity contribution in [2.24, 2.45) is 23.7 Å². The van der Waals surface area contributed by atoms with Crippen molar-refractivity contribution in [3.63, 3.8) is 0 Å². The number of allylic oxidation sites excluding steroid dienone is 2. The maximum absolute atomic E-state index is 13.5. The Morgan fingerprint density at radius 3 is 2.20 bits per heavy atom. The first-order chi connectivity index (χ1) is 21.1. The predicted octanol–water partition coefficient (Wildman–Crippen LogP) is 6.94. The van der Waals surface area contributed by atoms with Gasteiger partial charge < -0.3 is 4.74 Å². The van der Waals surface area contributed by atoms with Crippen molar-refractivity contribution < 1.29 is 23.9 Å². The molecule has 1 aromatic heterocycles. The third kappa shape index (κ3) is 4.59. The topological polar surface area (TPSA) is 93.6 Å². The van der Waals surface area contributed by atoms with E-state index in [4.69, 9.17) is 9.72 Å². The number of fused-ring (bicyclic) bond motifs is 6. The summed E-state index contributed by atoms with van der Waals surface area (Å²) in [4.78, 5) is 59.1. The van der Waals surface area contributed by atoms with E-state index in [0.717, 1.165) is 27.6 Å². The zero-order chi connectivity index (χ0) is 30.9. The van der Waals surface area contributed by atoms with Crippen LogP contribution in [0, 0.1) is 44.4 Å². The quantitative estimate of drug-likeness (QED) is 0.0973. The average Bonchev–Trinajstić information content (AvgIpc) is 3.70. The van der Waals surface area contributed by atoms with Crippen molar-refractivity contribution in [1.82, 2.24) is 4.98 Å². The fourth-order valence-electron chi connectivity index (χ4n) is 6.92. The lowest BCUT2D eigenvalue weighted by molar-refractivity contribution is -0.123. The second-order valence-electron chi connectivity index (χ2n) is 12.0. The lowest BCUT2D eigenvalue weighted by Crippen LogP contribution is -2.32. The molecule has 2 bridgehead atoms. The number of pyridine rings is 1. The Balaban J connectivity index is 1.18. The zero-order valence-electron chi connectivity index (χ0n) is 24.5. The van der Waals surface area contributed by atoms with Crippen molar-refractivity contribution in [2.75, 3.05) is 11.5 Å². The van der Waals surface area contributed by atoms with E-state index in [2.05, 4.69) is 28.1 Å². The maximum atomic E-state index is 13.5. The van der Waals surface area contributed by atoms with E-state index in [1.165, 1.54) is 4.90 Å². The molecular weight excluding hydrogens is 620 g/mol. The van der Waals surface area contributed by atoms with Crippen LogP contribution in [0.1, 0.15) is 43.8 Å². The van der Waals surface area contributed by atoms with Gasteiger partial charge in [0.15, 0.2) is 12.4 Å². The molecule has 2 fully saturated rings. The van der Waals surface area contributed by atoms with Crippen LogP contribution in [0.25, 0.3) is 22.2 Å². The van der Waals surface area contributed by atoms with Gasteiger partial charge in [0.25, 0.3) is 0 Å². The van der Waals surface area contributed by atoms with E-state index in [1.54, 1.807) is 42.5 Å². The Labute approximate surface area is 263 Å². The summed E-state index contributed by atoms with van der Waals surface area (Å²) in [5.74, 6) is -1.42. The molecule has 2 aliphatic carbocycles. The number of anilines is 1. The van der Waals surface area contributed by atoms with E-state index in [-0.39, 0.29) is 53.4 Å². The zero-order valence-corrected chi connectivity index (χ0v) is 26.1. The minimum absolute atomic E-state index is 0.130. The Bertz CT molecular complexity index is 1920. The number of hydrogen-bond donors (Lipinski definition) is 0. The monoisotopic (exact) mass is 648 g/mol. The number of hydrogen-bond acceptors (Lipinski definition) is 6. The molecule has 1 saturated heterocycles. The highest BCUT2D eigenvalue weighted by Crippen LogP contribution is 2.53. The number of carbonyl (C=O) groups excluding carboxylic acids is 4. The lowest BCUT2D eigenvalue weighted by atomic mass is 9.85. The summed E-state index contributed by atoms with van der Waals surface area (Å²) in [6, 6.07) is 17.9. The number of carbonyl (C=O) groups is 4. The van der Waals surface area contributed by atoms with Crippen LogP contribution in [0.15, 0.2) is 77.3 Å². The second kappa shape index (κ2) is 10.6. The molecule has 7 rings (SSSR count). The van der Waals surface area contributed by atoms with Gasteiger partial charge in [-0.3, -0.25) is 19.3 Å². The summed E-state index contributed by atoms with van der Waals surface area (Å²) in [5.41, 5.74) is 6.09. The van der Waals surface area contributed by atoms with Gasteiger partial charge in [0, 0.05) is 21.0 Å². The van der Waals surface area contributed by atoms with E-state index in [1.807, 2.05) is 39.0 Å². The normalized spacial score (nSPS) is 21.8. The number of imide groups is 1. The van der Waals surface area contributed by atoms with Crippen LogP contribution in [-0.2, 0) is 14.3 Å². The van der Waals surface area contributed by atoms with E-state index < -0.39 is 5.97 Å². The van der Waals surface area contributed by atoms with Gasteiger partial charge in [0.1, 0.15) is 0 Å². The van der Waals surface area contributed by atoms with Crippen molar-refractivity contribution >= 4 is 56.1 Å². The summed E-state index contributed by atoms with van der Waals surface area (Å²) in [6.45, 7) is 5.43. The van der Waals surface area contributed by atoms with Gasteiger partial charge in [-0.05, 0) is 92.1 Å². The lowest BCUT2D eigenvalue weighted by Gasteiger charge is -2.18. The first-order valence-corrected chi connectivity index (χ1v) is 15.4. The van der Waals surface area contributed by atoms with Gasteiger partial charge >= 0.3 is 5.97 Å². The molecule has 1 saturated carbocycles. The molecule has 44 heavy (non-hydrogen) atoms. The highest BCUT2D eigenvalue weighted by atomic mass is 79.9. The molecule has 8 heteroatoms. The SMILES string of the molecule is Cc1ccc(C(=O)COC(=O)c2cc(-c3ccc(N4C(=O)C5C6C=CC(C6)C5C4=O)cc3)nc3c(C)cc(Br)cc23)cc1C. The molecule has 7 nitrogen and oxygen atoms in total. The Kier molecular flexibility index (Phi) is 6.85. The third-order valence-corrected chi connectivity index (χ3v) is 9.80. The minimum Gasteiger partial charge on any atom is -0.454 e. The number of halogens is 1. The molecule has 0 N–H and O–H groups in total. The molecule has 4 unspecified atom stereocenters. The fraction of sp³-hybridized carbons (Fsp3) is 0.250. The smallest absolute Gasteiger partial charge is 0.339 e. The first kappa shape index (κ1) is 28.3. The largest absolute Gasteiger partial charge is 0.454 e. The summed E-state index contributed by atoms with van der Waals surface area (Å²) in [5, 5.41) is 0.601. The van der Waals surface area contributed by atoms with Gasteiger partial charge in [-0.15, -0.1) is 0 Å². The molecule has 220 valence electrons. The molecule has 4 atom stereocenters. The van der Waals surface area contributed by atoms with Crippen LogP contribution in [0.5, 0.6) is 0 Å². The van der Waals surface area contributed by atoms with Gasteiger partial charge in [0.05, 0.1) is 34.3 Å². The first-order valence-electron chi connectivity index (χ1n) is 14.7. The molecule has 1 aliphatic heterocycles. The van der Waals surface area contributed by atoms with Crippen molar-refractivity contribution in [1.29, 1.82) is 0 Å². The number of ether oxygens (including phenoxy) is 1. The number of aromatic nitrogens is 1. The minimum atomic E-state index is -0.631. The standard InChI is InChI=1S/C36H29BrN2O5/c1-18-4-5-22(12-19(18)2)30(40)17-44-36(43)28-16-29(38-33-20(3)13-25(37)15-27(28)33)21-8-10-26(11-9-21)39-34(41)31-23-6-7-24(14-23)32(31)35(39)42/h4-13,15-16,23-24,31-32H,14,17H2,1-3H3. The Morgan fingerprint density at radius 1 is 0.864 bits per heavy atom. The predicted molar refractivity (Wildman–Crippen MR) is 170 cm³/mol. The third-order valence-electron chi connectivity index (χ3n) is 9.34. The number of Topliss-reactive ketones (excluding diaryl/α,β-unsaturated/α-hetero) is 1. The number of amides is 2. The summed E-state index contributed by atoms with van der Waals surface area (Å²) < 4.78 is 6.33. The van der Waals surface area contributed by atoms with Crippen LogP contribution in [0.2, 0.25) is 0 Å². The number of rotatable bonds is 6. The van der Waals surface area contributed by atoms with Crippen molar-refractivity contribution in [2.45, 2.75) is 27.2 Å². The van der Waals surface area contributed by atoms with E-state index in [9.17, 15) is 19.2 Å². The van der Waals surface area contributed by atoms with Crippen LogP contribution in [0.3, 0.4) is 0 Å². The number of benzene rings is 3. The molecule has 4 aromatic rings. The molecule has 3 aliphatic rings. The van der Waals surface area contributed by atoms with Crippen LogP contribution >= 0.6 is 15.9 Å². The molecular formula is C36H29BrN2O5. The van der Waals surface area contributed by atoms with Crippen molar-refractivity contribution in [3.05, 3.63) is 105 Å². The van der Waals surface area contributed by atoms with Gasteiger partial charge in [-0.1, -0.05) is 52.3 Å². The number of nitrogens with zero attached hydrogens (tertiary/aromatic N) is 2. The maximum Gasteiger partial charge on any atom is 0.339 e. The second-order valence-corrected chi connectivity index (χ2v) is 12.9. The van der Waals surface area contributed by atoms with Gasteiger partial charge in [-0.2, -0.15) is 0 Å². The Hall–Kier alpha value is -4.43. The Morgan fingerprint density at radius 2 is 1.55 bits per heavy atom. The molecule has 0 spiro atoms. The molecule has 2 amide bonds. The summed E-state index contributed by atoms with van der Waals surface area (Å²) in [7, 11) is 0. The van der Waals surface area contributed by atoms with Crippen LogP contribution < -0.4 is 4.90 Å². The molecule has 2 heterocycles. The fourth-order valence-corrected chi connectivity index (χ4v) is 7.49. The summed E-state index contributed by atoms with van der Waals surface area (Å²) in [6.07, 6.45) is 5.04. The van der Waals surface area contributed by atoms with Gasteiger partial charge in [-0.25, -0.2) is 9.78 Å². The average molecular weight is 650 g/mol. The highest BCUT2D eigenvalue weighted by molar-refractivity contribution is 9.10. The van der Waals surface area contributed by atoms with E-state index >= 15 is 0 Å². The molecule has 3 aromatic carbocycles. The number of aryl methyl sites for hydroxylation is 3. The summed E-state index contributed by atoms with van der Waals surface area (Å²) >= 11 is 3.52. The number of esters is 1. The highest BCUT2D eigenvalue weighted by Gasteiger charge is 2.59.